The molecule has 1 aliphatic heterocycles. The monoisotopic (exact) mass is 242 g/mol. The molecule has 1 aliphatic rings. The highest BCUT2D eigenvalue weighted by molar-refractivity contribution is 8.32. The Kier molecular flexibility index (Phi) is 3.74. The molecule has 76 valence electrons. The SMILES string of the molecule is CSC1(c2ccccc2)SCCCS1. The summed E-state index contributed by atoms with van der Waals surface area (Å²) >= 11 is 6.15. The second-order valence-electron chi connectivity index (χ2n) is 3.18. The van der Waals surface area contributed by atoms with Crippen molar-refractivity contribution in [1.82, 2.24) is 0 Å². The summed E-state index contributed by atoms with van der Waals surface area (Å²) in [6.07, 6.45) is 3.57. The van der Waals surface area contributed by atoms with Gasteiger partial charge in [-0.2, -0.15) is 0 Å². The lowest BCUT2D eigenvalue weighted by molar-refractivity contribution is 1.08. The predicted molar refractivity (Wildman–Crippen MR) is 71.2 cm³/mol. The van der Waals surface area contributed by atoms with E-state index in [-0.39, 0.29) is 3.41 Å². The van der Waals surface area contributed by atoms with Crippen LogP contribution in [0.3, 0.4) is 0 Å². The third-order valence-electron chi connectivity index (χ3n) is 2.27. The van der Waals surface area contributed by atoms with Gasteiger partial charge in [0.2, 0.25) is 0 Å². The fraction of sp³-hybridized carbons (Fsp3) is 0.455. The molecule has 0 amide bonds. The zero-order valence-electron chi connectivity index (χ0n) is 8.23. The van der Waals surface area contributed by atoms with Crippen LogP contribution in [0.15, 0.2) is 30.3 Å². The van der Waals surface area contributed by atoms with E-state index < -0.39 is 0 Å². The van der Waals surface area contributed by atoms with E-state index in [1.807, 2.05) is 11.8 Å². The van der Waals surface area contributed by atoms with E-state index >= 15 is 0 Å². The van der Waals surface area contributed by atoms with Crippen LogP contribution >= 0.6 is 35.3 Å². The van der Waals surface area contributed by atoms with E-state index in [1.165, 1.54) is 23.5 Å². The van der Waals surface area contributed by atoms with Crippen molar-refractivity contribution in [1.29, 1.82) is 0 Å². The first-order valence-corrected chi connectivity index (χ1v) is 7.95. The highest BCUT2D eigenvalue weighted by atomic mass is 32.3. The summed E-state index contributed by atoms with van der Waals surface area (Å²) < 4.78 is 0.263. The molecule has 1 fully saturated rings. The van der Waals surface area contributed by atoms with Crippen LogP contribution in [0.25, 0.3) is 0 Å². The van der Waals surface area contributed by atoms with Gasteiger partial charge >= 0.3 is 0 Å². The molecule has 1 aromatic carbocycles. The number of hydrogen-bond acceptors (Lipinski definition) is 3. The van der Waals surface area contributed by atoms with Crippen molar-refractivity contribution in [3.8, 4) is 0 Å². The summed E-state index contributed by atoms with van der Waals surface area (Å²) in [5, 5.41) is 0. The van der Waals surface area contributed by atoms with Gasteiger partial charge in [-0.1, -0.05) is 30.3 Å². The summed E-state index contributed by atoms with van der Waals surface area (Å²) in [6.45, 7) is 0. The summed E-state index contributed by atoms with van der Waals surface area (Å²) in [7, 11) is 0. The lowest BCUT2D eigenvalue weighted by atomic mass is 10.2. The Balaban J connectivity index is 2.27. The van der Waals surface area contributed by atoms with Crippen LogP contribution in [0, 0.1) is 0 Å². The van der Waals surface area contributed by atoms with Gasteiger partial charge in [-0.25, -0.2) is 0 Å². The summed E-state index contributed by atoms with van der Waals surface area (Å²) in [5.41, 5.74) is 1.46. The van der Waals surface area contributed by atoms with Crippen LogP contribution < -0.4 is 0 Å². The van der Waals surface area contributed by atoms with Gasteiger partial charge in [-0.15, -0.1) is 35.3 Å². The smallest absolute Gasteiger partial charge is 0.132 e. The molecule has 1 heterocycles. The van der Waals surface area contributed by atoms with Gasteiger partial charge in [-0.05, 0) is 29.7 Å². The van der Waals surface area contributed by atoms with Crippen molar-refractivity contribution < 1.29 is 0 Å². The molecule has 0 unspecified atom stereocenters. The molecule has 0 radical (unpaired) electrons. The van der Waals surface area contributed by atoms with Gasteiger partial charge in [0.1, 0.15) is 3.41 Å². The second-order valence-corrected chi connectivity index (χ2v) is 7.59. The molecule has 0 bridgehead atoms. The first-order valence-electron chi connectivity index (χ1n) is 4.76. The van der Waals surface area contributed by atoms with Crippen molar-refractivity contribution in [3.63, 3.8) is 0 Å². The fourth-order valence-electron chi connectivity index (χ4n) is 1.56. The molecule has 0 aliphatic carbocycles. The quantitative estimate of drug-likeness (QED) is 0.768. The number of thioether (sulfide) groups is 3. The Morgan fingerprint density at radius 1 is 1.14 bits per heavy atom. The second kappa shape index (κ2) is 4.86. The molecular formula is C11H14S3. The molecule has 0 saturated carbocycles. The molecule has 1 saturated heterocycles. The maximum Gasteiger partial charge on any atom is 0.132 e. The van der Waals surface area contributed by atoms with E-state index in [9.17, 15) is 0 Å². The van der Waals surface area contributed by atoms with Crippen LogP contribution in [0.5, 0.6) is 0 Å². The predicted octanol–water partition coefficient (Wildman–Crippen LogP) is 4.03. The molecule has 0 atom stereocenters. The Morgan fingerprint density at radius 3 is 2.36 bits per heavy atom. The van der Waals surface area contributed by atoms with Crippen LogP contribution in [0.2, 0.25) is 0 Å². The molecule has 14 heavy (non-hydrogen) atoms. The normalized spacial score (nSPS) is 20.6. The highest BCUT2D eigenvalue weighted by Gasteiger charge is 2.34. The molecule has 0 N–H and O–H groups in total. The van der Waals surface area contributed by atoms with E-state index in [4.69, 9.17) is 0 Å². The summed E-state index contributed by atoms with van der Waals surface area (Å²) in [4.78, 5) is 0. The van der Waals surface area contributed by atoms with Gasteiger partial charge in [0, 0.05) is 0 Å². The average molecular weight is 242 g/mol. The molecule has 0 spiro atoms. The Bertz CT molecular complexity index is 278. The van der Waals surface area contributed by atoms with Crippen LogP contribution in [0.4, 0.5) is 0 Å². The van der Waals surface area contributed by atoms with Gasteiger partial charge in [0.25, 0.3) is 0 Å². The van der Waals surface area contributed by atoms with E-state index in [0.29, 0.717) is 0 Å². The van der Waals surface area contributed by atoms with Crippen molar-refractivity contribution in [2.24, 2.45) is 0 Å². The first kappa shape index (κ1) is 10.8. The van der Waals surface area contributed by atoms with E-state index in [1.54, 1.807) is 0 Å². The zero-order chi connectivity index (χ0) is 9.86. The molecule has 0 nitrogen and oxygen atoms in total. The minimum Gasteiger partial charge on any atom is -0.132 e. The Labute approximate surface area is 98.6 Å². The fourth-order valence-corrected chi connectivity index (χ4v) is 6.11. The van der Waals surface area contributed by atoms with Crippen LogP contribution in [0.1, 0.15) is 12.0 Å². The van der Waals surface area contributed by atoms with Crippen molar-refractivity contribution in [2.45, 2.75) is 9.83 Å². The van der Waals surface area contributed by atoms with Crippen molar-refractivity contribution in [2.75, 3.05) is 17.8 Å². The topological polar surface area (TPSA) is 0 Å². The van der Waals surface area contributed by atoms with Crippen LogP contribution in [-0.4, -0.2) is 17.8 Å². The minimum absolute atomic E-state index is 0.263. The Morgan fingerprint density at radius 2 is 1.79 bits per heavy atom. The van der Waals surface area contributed by atoms with Crippen molar-refractivity contribution >= 4 is 35.3 Å². The molecule has 1 aromatic rings. The molecule has 3 heteroatoms. The zero-order valence-corrected chi connectivity index (χ0v) is 10.7. The van der Waals surface area contributed by atoms with Gasteiger partial charge < -0.3 is 0 Å². The van der Waals surface area contributed by atoms with Gasteiger partial charge in [-0.3, -0.25) is 0 Å². The lowest BCUT2D eigenvalue weighted by Crippen LogP contribution is -2.18. The highest BCUT2D eigenvalue weighted by Crippen LogP contribution is 2.56. The molecular weight excluding hydrogens is 228 g/mol. The standard InChI is InChI=1S/C11H14S3/c1-12-11(13-8-5-9-14-11)10-6-3-2-4-7-10/h2-4,6-7H,5,8-9H2,1H3. The maximum atomic E-state index is 2.25. The third-order valence-corrected chi connectivity index (χ3v) is 7.67. The lowest BCUT2D eigenvalue weighted by Gasteiger charge is -2.34. The summed E-state index contributed by atoms with van der Waals surface area (Å²) in [6, 6.07) is 10.9. The van der Waals surface area contributed by atoms with Gasteiger partial charge in [0.15, 0.2) is 0 Å². The van der Waals surface area contributed by atoms with Gasteiger partial charge in [0.05, 0.1) is 0 Å². The number of hydrogen-bond donors (Lipinski definition) is 0. The van der Waals surface area contributed by atoms with E-state index in [2.05, 4.69) is 60.1 Å². The van der Waals surface area contributed by atoms with Crippen LogP contribution in [-0.2, 0) is 3.41 Å². The Hall–Kier alpha value is 0.270. The number of rotatable bonds is 2. The first-order chi connectivity index (χ1) is 6.87. The molecule has 2 rings (SSSR count). The molecule has 0 aromatic heterocycles. The average Bonchev–Trinajstić information content (AvgIpc) is 2.31. The minimum atomic E-state index is 0.263. The summed E-state index contributed by atoms with van der Waals surface area (Å²) in [5.74, 6) is 2.59. The number of benzene rings is 1. The third kappa shape index (κ3) is 2.10. The van der Waals surface area contributed by atoms with E-state index in [0.717, 1.165) is 0 Å². The van der Waals surface area contributed by atoms with Crippen molar-refractivity contribution in [3.05, 3.63) is 35.9 Å². The largest absolute Gasteiger partial charge is 0.132 e. The maximum absolute atomic E-state index is 2.25.